The molecule has 0 unspecified atom stereocenters. The number of ether oxygens (including phenoxy) is 2. The minimum absolute atomic E-state index is 0.00306. The predicted octanol–water partition coefficient (Wildman–Crippen LogP) is 2.55. The van der Waals surface area contributed by atoms with Crippen LogP contribution in [-0.2, 0) is 4.79 Å². The average Bonchev–Trinajstić information content (AvgIpc) is 3.07. The Bertz CT molecular complexity index is 597. The Balaban J connectivity index is 1.79. The fraction of sp³-hybridized carbons (Fsp3) is 0.353. The summed E-state index contributed by atoms with van der Waals surface area (Å²) >= 11 is 1.69. The number of carbonyl (C=O) groups excluding carboxylic acids is 1. The van der Waals surface area contributed by atoms with Gasteiger partial charge in [0.25, 0.3) is 5.91 Å². The summed E-state index contributed by atoms with van der Waals surface area (Å²) in [5, 5.41) is 4.96. The maximum Gasteiger partial charge on any atom is 0.258 e. The Hall–Kier alpha value is -2.05. The maximum atomic E-state index is 12.0. The molecule has 1 atom stereocenters. The molecule has 2 aromatic rings. The van der Waals surface area contributed by atoms with Crippen LogP contribution in [0.4, 0.5) is 0 Å². The van der Waals surface area contributed by atoms with Gasteiger partial charge in [0, 0.05) is 11.4 Å². The van der Waals surface area contributed by atoms with Gasteiger partial charge >= 0.3 is 0 Å². The second-order valence-electron chi connectivity index (χ2n) is 5.26. The lowest BCUT2D eigenvalue weighted by atomic mass is 10.2. The normalized spacial score (nSPS) is 12.0. The molecule has 124 valence electrons. The SMILES string of the molecule is COc1ccc(OCC(=O)NC[C@@H](c2cccs2)N(C)C)cc1. The molecule has 0 fully saturated rings. The highest BCUT2D eigenvalue weighted by molar-refractivity contribution is 7.10. The Morgan fingerprint density at radius 3 is 2.48 bits per heavy atom. The molecule has 23 heavy (non-hydrogen) atoms. The number of nitrogens with one attached hydrogen (secondary N) is 1. The Labute approximate surface area is 140 Å². The van der Waals surface area contributed by atoms with E-state index in [0.717, 1.165) is 5.75 Å². The lowest BCUT2D eigenvalue weighted by Crippen LogP contribution is -2.36. The number of benzene rings is 1. The molecule has 1 aromatic carbocycles. The third-order valence-electron chi connectivity index (χ3n) is 3.42. The van der Waals surface area contributed by atoms with E-state index in [1.165, 1.54) is 4.88 Å². The first kappa shape index (κ1) is 17.3. The van der Waals surface area contributed by atoms with E-state index in [2.05, 4.69) is 16.3 Å². The van der Waals surface area contributed by atoms with Gasteiger partial charge in [-0.05, 0) is 49.8 Å². The highest BCUT2D eigenvalue weighted by atomic mass is 32.1. The molecule has 1 amide bonds. The maximum absolute atomic E-state index is 12.0. The largest absolute Gasteiger partial charge is 0.497 e. The van der Waals surface area contributed by atoms with Crippen molar-refractivity contribution in [2.24, 2.45) is 0 Å². The van der Waals surface area contributed by atoms with Crippen LogP contribution >= 0.6 is 11.3 Å². The second-order valence-corrected chi connectivity index (χ2v) is 6.24. The van der Waals surface area contributed by atoms with Crippen molar-refractivity contribution in [3.63, 3.8) is 0 Å². The van der Waals surface area contributed by atoms with Crippen molar-refractivity contribution in [2.75, 3.05) is 34.4 Å². The van der Waals surface area contributed by atoms with Crippen LogP contribution in [0.5, 0.6) is 11.5 Å². The van der Waals surface area contributed by atoms with Crippen molar-refractivity contribution in [3.05, 3.63) is 46.7 Å². The summed E-state index contributed by atoms with van der Waals surface area (Å²) in [5.74, 6) is 1.26. The summed E-state index contributed by atoms with van der Waals surface area (Å²) in [6.45, 7) is 0.551. The zero-order chi connectivity index (χ0) is 16.7. The van der Waals surface area contributed by atoms with Crippen molar-refractivity contribution in [2.45, 2.75) is 6.04 Å². The van der Waals surface area contributed by atoms with E-state index in [1.54, 1.807) is 42.7 Å². The molecule has 0 radical (unpaired) electrons. The van der Waals surface area contributed by atoms with Crippen molar-refractivity contribution in [3.8, 4) is 11.5 Å². The third-order valence-corrected chi connectivity index (χ3v) is 4.39. The number of amides is 1. The molecule has 0 bridgehead atoms. The number of hydrogen-bond acceptors (Lipinski definition) is 5. The smallest absolute Gasteiger partial charge is 0.258 e. The standard InChI is InChI=1S/C17H22N2O3S/c1-19(2)15(16-5-4-10-23-16)11-18-17(20)12-22-14-8-6-13(21-3)7-9-14/h4-10,15H,11-12H2,1-3H3,(H,18,20)/t15-/m0/s1. The van der Waals surface area contributed by atoms with Gasteiger partial charge in [0.15, 0.2) is 6.61 Å². The number of carbonyl (C=O) groups is 1. The number of rotatable bonds is 8. The lowest BCUT2D eigenvalue weighted by molar-refractivity contribution is -0.123. The van der Waals surface area contributed by atoms with Gasteiger partial charge in [0.05, 0.1) is 13.2 Å². The molecule has 0 saturated carbocycles. The molecule has 1 N–H and O–H groups in total. The third kappa shape index (κ3) is 5.26. The molecule has 0 spiro atoms. The fourth-order valence-corrected chi connectivity index (χ4v) is 3.02. The zero-order valence-corrected chi connectivity index (χ0v) is 14.4. The van der Waals surface area contributed by atoms with Gasteiger partial charge in [-0.3, -0.25) is 4.79 Å². The number of methoxy groups -OCH3 is 1. The predicted molar refractivity (Wildman–Crippen MR) is 92.2 cm³/mol. The van der Waals surface area contributed by atoms with Gasteiger partial charge in [0.2, 0.25) is 0 Å². The summed E-state index contributed by atoms with van der Waals surface area (Å²) in [6.07, 6.45) is 0. The van der Waals surface area contributed by atoms with Crippen LogP contribution in [0, 0.1) is 0 Å². The topological polar surface area (TPSA) is 50.8 Å². The minimum Gasteiger partial charge on any atom is -0.497 e. The van der Waals surface area contributed by atoms with E-state index in [-0.39, 0.29) is 18.6 Å². The van der Waals surface area contributed by atoms with Crippen LogP contribution in [0.25, 0.3) is 0 Å². The van der Waals surface area contributed by atoms with Gasteiger partial charge in [-0.1, -0.05) is 6.07 Å². The average molecular weight is 334 g/mol. The van der Waals surface area contributed by atoms with E-state index in [0.29, 0.717) is 12.3 Å². The molecule has 0 saturated heterocycles. The summed E-state index contributed by atoms with van der Waals surface area (Å²) in [4.78, 5) is 15.3. The fourth-order valence-electron chi connectivity index (χ4n) is 2.10. The quantitative estimate of drug-likeness (QED) is 0.806. The van der Waals surface area contributed by atoms with Crippen LogP contribution in [0.1, 0.15) is 10.9 Å². The van der Waals surface area contributed by atoms with E-state index in [4.69, 9.17) is 9.47 Å². The molecule has 0 aliphatic rings. The Morgan fingerprint density at radius 2 is 1.91 bits per heavy atom. The molecule has 1 aromatic heterocycles. The molecule has 6 heteroatoms. The summed E-state index contributed by atoms with van der Waals surface area (Å²) in [6, 6.07) is 11.4. The first-order valence-electron chi connectivity index (χ1n) is 7.33. The van der Waals surface area contributed by atoms with Crippen LogP contribution in [0.3, 0.4) is 0 Å². The molecular formula is C17H22N2O3S. The number of hydrogen-bond donors (Lipinski definition) is 1. The van der Waals surface area contributed by atoms with Gasteiger partial charge in [-0.25, -0.2) is 0 Å². The summed E-state index contributed by atoms with van der Waals surface area (Å²) in [5.41, 5.74) is 0. The first-order chi connectivity index (χ1) is 11.1. The van der Waals surface area contributed by atoms with E-state index < -0.39 is 0 Å². The van der Waals surface area contributed by atoms with Crippen molar-refractivity contribution < 1.29 is 14.3 Å². The molecule has 0 aliphatic heterocycles. The van der Waals surface area contributed by atoms with E-state index in [1.807, 2.05) is 25.5 Å². The second kappa shape index (κ2) is 8.55. The Kier molecular flexibility index (Phi) is 6.43. The molecule has 2 rings (SSSR count). The van der Waals surface area contributed by atoms with Gasteiger partial charge in [-0.2, -0.15) is 0 Å². The van der Waals surface area contributed by atoms with Crippen molar-refractivity contribution in [1.29, 1.82) is 0 Å². The summed E-state index contributed by atoms with van der Waals surface area (Å²) < 4.78 is 10.6. The Morgan fingerprint density at radius 1 is 1.22 bits per heavy atom. The minimum atomic E-state index is -0.135. The summed E-state index contributed by atoms with van der Waals surface area (Å²) in [7, 11) is 5.62. The lowest BCUT2D eigenvalue weighted by Gasteiger charge is -2.23. The monoisotopic (exact) mass is 334 g/mol. The first-order valence-corrected chi connectivity index (χ1v) is 8.21. The van der Waals surface area contributed by atoms with Crippen molar-refractivity contribution in [1.82, 2.24) is 10.2 Å². The number of likely N-dealkylation sites (N-methyl/N-ethyl adjacent to an activating group) is 1. The van der Waals surface area contributed by atoms with Gasteiger partial charge in [-0.15, -0.1) is 11.3 Å². The van der Waals surface area contributed by atoms with Gasteiger partial charge in [0.1, 0.15) is 11.5 Å². The van der Waals surface area contributed by atoms with Crippen LogP contribution in [0.15, 0.2) is 41.8 Å². The van der Waals surface area contributed by atoms with E-state index in [9.17, 15) is 4.79 Å². The highest BCUT2D eigenvalue weighted by Gasteiger charge is 2.16. The molecule has 1 heterocycles. The molecular weight excluding hydrogens is 312 g/mol. The van der Waals surface area contributed by atoms with E-state index >= 15 is 0 Å². The zero-order valence-electron chi connectivity index (χ0n) is 13.6. The van der Waals surface area contributed by atoms with Crippen molar-refractivity contribution >= 4 is 17.2 Å². The van der Waals surface area contributed by atoms with Gasteiger partial charge < -0.3 is 19.7 Å². The van der Waals surface area contributed by atoms with Crippen LogP contribution in [0.2, 0.25) is 0 Å². The molecule has 0 aliphatic carbocycles. The highest BCUT2D eigenvalue weighted by Crippen LogP contribution is 2.22. The number of thiophene rings is 1. The van der Waals surface area contributed by atoms with Crippen LogP contribution < -0.4 is 14.8 Å². The van der Waals surface area contributed by atoms with Crippen LogP contribution in [-0.4, -0.2) is 45.2 Å². The number of nitrogens with zero attached hydrogens (tertiary/aromatic N) is 1. The molecule has 5 nitrogen and oxygen atoms in total.